The molecule has 1 aliphatic rings. The topological polar surface area (TPSA) is 0 Å². The molecule has 1 rings (SSSR count). The molecule has 0 atom stereocenters. The molecule has 56 valence electrons. The van der Waals surface area contributed by atoms with Gasteiger partial charge < -0.3 is 0 Å². The molecule has 0 spiro atoms. The van der Waals surface area contributed by atoms with E-state index in [0.29, 0.717) is 0 Å². The van der Waals surface area contributed by atoms with Crippen molar-refractivity contribution in [2.75, 3.05) is 0 Å². The molecule has 1 fully saturated rings. The Hall–Kier alpha value is -0.520. The SMILES string of the molecule is C=C1CCC(=CCC)CC1. The van der Waals surface area contributed by atoms with E-state index in [4.69, 9.17) is 0 Å². The minimum atomic E-state index is 1.20. The van der Waals surface area contributed by atoms with E-state index in [9.17, 15) is 0 Å². The Balaban J connectivity index is 2.39. The van der Waals surface area contributed by atoms with Crippen LogP contribution in [0.5, 0.6) is 0 Å². The van der Waals surface area contributed by atoms with Crippen molar-refractivity contribution < 1.29 is 0 Å². The fourth-order valence-corrected chi connectivity index (χ4v) is 1.42. The molecule has 0 aromatic heterocycles. The zero-order valence-electron chi connectivity index (χ0n) is 6.82. The molecule has 0 bridgehead atoms. The van der Waals surface area contributed by atoms with Crippen LogP contribution in [-0.4, -0.2) is 0 Å². The first kappa shape index (κ1) is 7.59. The van der Waals surface area contributed by atoms with Gasteiger partial charge in [-0.1, -0.05) is 30.7 Å². The first-order chi connectivity index (χ1) is 4.83. The van der Waals surface area contributed by atoms with Crippen molar-refractivity contribution >= 4 is 0 Å². The molecule has 0 radical (unpaired) electrons. The van der Waals surface area contributed by atoms with E-state index in [0.717, 1.165) is 0 Å². The van der Waals surface area contributed by atoms with Crippen LogP contribution in [0.25, 0.3) is 0 Å². The molecule has 0 heteroatoms. The van der Waals surface area contributed by atoms with E-state index >= 15 is 0 Å². The van der Waals surface area contributed by atoms with Crippen LogP contribution in [0.3, 0.4) is 0 Å². The molecule has 0 heterocycles. The summed E-state index contributed by atoms with van der Waals surface area (Å²) >= 11 is 0. The number of hydrogen-bond acceptors (Lipinski definition) is 0. The Morgan fingerprint density at radius 1 is 1.30 bits per heavy atom. The predicted octanol–water partition coefficient (Wildman–Crippen LogP) is 3.45. The van der Waals surface area contributed by atoms with Gasteiger partial charge in [0.15, 0.2) is 0 Å². The fourth-order valence-electron chi connectivity index (χ4n) is 1.42. The lowest BCUT2D eigenvalue weighted by Gasteiger charge is -2.15. The van der Waals surface area contributed by atoms with Crippen LogP contribution in [0, 0.1) is 0 Å². The standard InChI is InChI=1S/C10H16/c1-3-4-10-7-5-9(2)6-8-10/h4H,2-3,5-8H2,1H3. The molecule has 0 saturated heterocycles. The monoisotopic (exact) mass is 136 g/mol. The van der Waals surface area contributed by atoms with E-state index < -0.39 is 0 Å². The summed E-state index contributed by atoms with van der Waals surface area (Å²) in [4.78, 5) is 0. The largest absolute Gasteiger partial charge is 0.0998 e. The van der Waals surface area contributed by atoms with Crippen LogP contribution < -0.4 is 0 Å². The molecule has 0 aromatic carbocycles. The Morgan fingerprint density at radius 2 is 1.90 bits per heavy atom. The third-order valence-electron chi connectivity index (χ3n) is 2.09. The molecule has 1 saturated carbocycles. The second kappa shape index (κ2) is 3.60. The van der Waals surface area contributed by atoms with Gasteiger partial charge in [0, 0.05) is 0 Å². The van der Waals surface area contributed by atoms with Crippen molar-refractivity contribution in [1.29, 1.82) is 0 Å². The smallest absolute Gasteiger partial charge is 0.0283 e. The number of allylic oxidation sites excluding steroid dienone is 3. The van der Waals surface area contributed by atoms with Crippen molar-refractivity contribution in [3.63, 3.8) is 0 Å². The number of hydrogen-bond donors (Lipinski definition) is 0. The third kappa shape index (κ3) is 2.02. The Morgan fingerprint density at radius 3 is 2.40 bits per heavy atom. The van der Waals surface area contributed by atoms with Crippen molar-refractivity contribution in [3.05, 3.63) is 23.8 Å². The summed E-state index contributed by atoms with van der Waals surface area (Å²) in [6.07, 6.45) is 8.56. The highest BCUT2D eigenvalue weighted by Crippen LogP contribution is 2.26. The van der Waals surface area contributed by atoms with Gasteiger partial charge in [-0.2, -0.15) is 0 Å². The Kier molecular flexibility index (Phi) is 2.73. The van der Waals surface area contributed by atoms with Gasteiger partial charge in [-0.25, -0.2) is 0 Å². The lowest BCUT2D eigenvalue weighted by molar-refractivity contribution is 0.726. The third-order valence-corrected chi connectivity index (χ3v) is 2.09. The average Bonchev–Trinajstić information content (AvgIpc) is 1.95. The summed E-state index contributed by atoms with van der Waals surface area (Å²) in [5, 5.41) is 0. The van der Waals surface area contributed by atoms with Crippen LogP contribution >= 0.6 is 0 Å². The average molecular weight is 136 g/mol. The lowest BCUT2D eigenvalue weighted by atomic mass is 9.91. The van der Waals surface area contributed by atoms with Crippen molar-refractivity contribution in [2.24, 2.45) is 0 Å². The second-order valence-corrected chi connectivity index (χ2v) is 3.02. The minimum absolute atomic E-state index is 1.20. The van der Waals surface area contributed by atoms with Crippen LogP contribution in [0.15, 0.2) is 23.8 Å². The number of rotatable bonds is 1. The summed E-state index contributed by atoms with van der Waals surface area (Å²) in [5.41, 5.74) is 3.09. The predicted molar refractivity (Wildman–Crippen MR) is 46.0 cm³/mol. The highest BCUT2D eigenvalue weighted by Gasteiger charge is 2.06. The molecule has 0 N–H and O–H groups in total. The van der Waals surface area contributed by atoms with Gasteiger partial charge in [-0.15, -0.1) is 0 Å². The van der Waals surface area contributed by atoms with Gasteiger partial charge in [0.05, 0.1) is 0 Å². The quantitative estimate of drug-likeness (QED) is 0.484. The van der Waals surface area contributed by atoms with E-state index in [2.05, 4.69) is 19.6 Å². The molecule has 0 nitrogen and oxygen atoms in total. The van der Waals surface area contributed by atoms with E-state index in [-0.39, 0.29) is 0 Å². The normalized spacial score (nSPS) is 19.3. The maximum atomic E-state index is 3.98. The second-order valence-electron chi connectivity index (χ2n) is 3.02. The van der Waals surface area contributed by atoms with Gasteiger partial charge in [-0.05, 0) is 32.1 Å². The van der Waals surface area contributed by atoms with Gasteiger partial charge in [0.2, 0.25) is 0 Å². The van der Waals surface area contributed by atoms with Crippen molar-refractivity contribution in [2.45, 2.75) is 39.0 Å². The maximum absolute atomic E-state index is 3.98. The molecule has 0 aromatic rings. The van der Waals surface area contributed by atoms with E-state index in [1.165, 1.54) is 37.7 Å². The van der Waals surface area contributed by atoms with Crippen molar-refractivity contribution in [1.82, 2.24) is 0 Å². The Labute approximate surface area is 63.6 Å². The van der Waals surface area contributed by atoms with Gasteiger partial charge >= 0.3 is 0 Å². The van der Waals surface area contributed by atoms with Crippen LogP contribution in [0.1, 0.15) is 39.0 Å². The van der Waals surface area contributed by atoms with Gasteiger partial charge in [0.1, 0.15) is 0 Å². The zero-order chi connectivity index (χ0) is 7.40. The van der Waals surface area contributed by atoms with Crippen molar-refractivity contribution in [3.8, 4) is 0 Å². The Bertz CT molecular complexity index is 139. The zero-order valence-corrected chi connectivity index (χ0v) is 6.82. The molecule has 0 amide bonds. The fraction of sp³-hybridized carbons (Fsp3) is 0.600. The summed E-state index contributed by atoms with van der Waals surface area (Å²) in [6, 6.07) is 0. The molecule has 10 heavy (non-hydrogen) atoms. The minimum Gasteiger partial charge on any atom is -0.0998 e. The van der Waals surface area contributed by atoms with Crippen LogP contribution in [-0.2, 0) is 0 Å². The summed E-state index contributed by atoms with van der Waals surface area (Å²) < 4.78 is 0. The lowest BCUT2D eigenvalue weighted by Crippen LogP contribution is -1.95. The van der Waals surface area contributed by atoms with E-state index in [1.807, 2.05) is 0 Å². The summed E-state index contributed by atoms with van der Waals surface area (Å²) in [7, 11) is 0. The summed E-state index contributed by atoms with van der Waals surface area (Å²) in [6.45, 7) is 6.19. The van der Waals surface area contributed by atoms with E-state index in [1.54, 1.807) is 5.57 Å². The molecule has 0 unspecified atom stereocenters. The molecule has 1 aliphatic carbocycles. The van der Waals surface area contributed by atoms with Gasteiger partial charge in [-0.3, -0.25) is 0 Å². The van der Waals surface area contributed by atoms with Crippen LogP contribution in [0.4, 0.5) is 0 Å². The van der Waals surface area contributed by atoms with Crippen LogP contribution in [0.2, 0.25) is 0 Å². The molecular formula is C10H16. The first-order valence-electron chi connectivity index (χ1n) is 4.17. The molecule has 0 aliphatic heterocycles. The highest BCUT2D eigenvalue weighted by molar-refractivity contribution is 5.13. The maximum Gasteiger partial charge on any atom is -0.0283 e. The highest BCUT2D eigenvalue weighted by atomic mass is 14.1. The summed E-state index contributed by atoms with van der Waals surface area (Å²) in [5.74, 6) is 0. The molecular weight excluding hydrogens is 120 g/mol. The van der Waals surface area contributed by atoms with Gasteiger partial charge in [0.25, 0.3) is 0 Å². The first-order valence-corrected chi connectivity index (χ1v) is 4.17.